The zero-order chi connectivity index (χ0) is 20.4. The topological polar surface area (TPSA) is 44.4 Å². The van der Waals surface area contributed by atoms with Crippen molar-refractivity contribution in [3.8, 4) is 0 Å². The Balaban J connectivity index is 1.20. The number of fused-ring (bicyclic) bond motifs is 2. The molecular formula is C26H33N3O. The van der Waals surface area contributed by atoms with Crippen LogP contribution in [0, 0.1) is 0 Å². The van der Waals surface area contributed by atoms with Gasteiger partial charge < -0.3 is 10.6 Å². The molecule has 4 heteroatoms. The van der Waals surface area contributed by atoms with Crippen molar-refractivity contribution in [2.75, 3.05) is 26.2 Å². The minimum Gasteiger partial charge on any atom is -0.353 e. The van der Waals surface area contributed by atoms with E-state index in [1.54, 1.807) is 0 Å². The molecule has 30 heavy (non-hydrogen) atoms. The first kappa shape index (κ1) is 19.8. The van der Waals surface area contributed by atoms with Gasteiger partial charge in [-0.15, -0.1) is 0 Å². The van der Waals surface area contributed by atoms with Gasteiger partial charge in [0.15, 0.2) is 0 Å². The Labute approximate surface area is 180 Å². The van der Waals surface area contributed by atoms with Crippen LogP contribution in [0.15, 0.2) is 54.6 Å². The molecule has 1 aliphatic carbocycles. The van der Waals surface area contributed by atoms with Gasteiger partial charge in [-0.2, -0.15) is 0 Å². The number of nitrogens with zero attached hydrogens (tertiary/aromatic N) is 1. The second-order valence-electron chi connectivity index (χ2n) is 9.42. The fraction of sp³-hybridized carbons (Fsp3) is 0.500. The number of piperidine rings is 2. The molecule has 3 aliphatic rings. The van der Waals surface area contributed by atoms with Crippen molar-refractivity contribution >= 4 is 5.91 Å². The first-order valence-electron chi connectivity index (χ1n) is 11.6. The van der Waals surface area contributed by atoms with Crippen molar-refractivity contribution in [1.29, 1.82) is 0 Å². The van der Waals surface area contributed by atoms with Crippen LogP contribution >= 0.6 is 0 Å². The Morgan fingerprint density at radius 3 is 2.47 bits per heavy atom. The first-order valence-corrected chi connectivity index (χ1v) is 11.6. The van der Waals surface area contributed by atoms with Gasteiger partial charge in [0.2, 0.25) is 5.91 Å². The van der Waals surface area contributed by atoms with Gasteiger partial charge in [0, 0.05) is 25.7 Å². The number of likely N-dealkylation sites (tertiary alicyclic amines) is 1. The Bertz CT molecular complexity index is 867. The second kappa shape index (κ2) is 8.52. The molecular weight excluding hydrogens is 370 g/mol. The summed E-state index contributed by atoms with van der Waals surface area (Å²) < 4.78 is 0. The molecule has 5 rings (SSSR count). The molecule has 2 fully saturated rings. The maximum Gasteiger partial charge on any atom is 0.227 e. The summed E-state index contributed by atoms with van der Waals surface area (Å²) >= 11 is 0. The van der Waals surface area contributed by atoms with Crippen molar-refractivity contribution in [3.63, 3.8) is 0 Å². The molecule has 2 saturated heterocycles. The van der Waals surface area contributed by atoms with Gasteiger partial charge in [-0.05, 0) is 67.3 Å². The Morgan fingerprint density at radius 2 is 1.70 bits per heavy atom. The predicted molar refractivity (Wildman–Crippen MR) is 120 cm³/mol. The highest BCUT2D eigenvalue weighted by Gasteiger charge is 2.46. The number of nitrogens with one attached hydrogen (secondary N) is 2. The maximum atomic E-state index is 13.3. The summed E-state index contributed by atoms with van der Waals surface area (Å²) in [5.74, 6) is 0.265. The lowest BCUT2D eigenvalue weighted by Crippen LogP contribution is -2.46. The van der Waals surface area contributed by atoms with Crippen LogP contribution in [0.2, 0.25) is 0 Å². The molecule has 4 nitrogen and oxygen atoms in total. The van der Waals surface area contributed by atoms with Gasteiger partial charge in [-0.1, -0.05) is 54.6 Å². The molecule has 0 bridgehead atoms. The molecule has 2 aromatic rings. The van der Waals surface area contributed by atoms with E-state index in [2.05, 4.69) is 70.1 Å². The summed E-state index contributed by atoms with van der Waals surface area (Å²) in [5, 5.41) is 6.92. The fourth-order valence-electron chi connectivity index (χ4n) is 5.89. The van der Waals surface area contributed by atoms with Crippen LogP contribution in [-0.2, 0) is 16.8 Å². The number of benzene rings is 2. The minimum atomic E-state index is 0.0154. The van der Waals surface area contributed by atoms with Crippen molar-refractivity contribution in [1.82, 2.24) is 15.5 Å². The van der Waals surface area contributed by atoms with Crippen LogP contribution < -0.4 is 10.6 Å². The zero-order valence-electron chi connectivity index (χ0n) is 17.8. The van der Waals surface area contributed by atoms with E-state index in [0.29, 0.717) is 6.04 Å². The van der Waals surface area contributed by atoms with E-state index in [1.165, 1.54) is 16.7 Å². The highest BCUT2D eigenvalue weighted by molar-refractivity contribution is 5.86. The van der Waals surface area contributed by atoms with Crippen LogP contribution in [0.3, 0.4) is 0 Å². The number of hydrogen-bond donors (Lipinski definition) is 2. The SMILES string of the molecule is O=C(NC1CCN(Cc2ccccc2)CC1)C1CC2(CCNCC2)c2ccccc21. The van der Waals surface area contributed by atoms with Crippen molar-refractivity contribution in [3.05, 3.63) is 71.3 Å². The third-order valence-electron chi connectivity index (χ3n) is 7.56. The molecule has 0 aromatic heterocycles. The molecule has 0 radical (unpaired) electrons. The quantitative estimate of drug-likeness (QED) is 0.820. The van der Waals surface area contributed by atoms with Crippen molar-refractivity contribution in [2.45, 2.75) is 56.0 Å². The number of amides is 1. The van der Waals surface area contributed by atoms with Crippen molar-refractivity contribution < 1.29 is 4.79 Å². The van der Waals surface area contributed by atoms with Crippen molar-refractivity contribution in [2.24, 2.45) is 0 Å². The Kier molecular flexibility index (Phi) is 5.62. The Morgan fingerprint density at radius 1 is 1.00 bits per heavy atom. The average molecular weight is 404 g/mol. The van der Waals surface area contributed by atoms with Crippen LogP contribution in [0.1, 0.15) is 54.7 Å². The standard InChI is InChI=1S/C26H33N3O/c30-25(28-21-10-16-29(17-11-21)19-20-6-2-1-3-7-20)23-18-26(12-14-27-15-13-26)24-9-5-4-8-22(23)24/h1-9,21,23,27H,10-19H2,(H,28,30). The van der Waals surface area contributed by atoms with Crippen LogP contribution in [0.5, 0.6) is 0 Å². The van der Waals surface area contributed by atoms with Gasteiger partial charge in [-0.25, -0.2) is 0 Å². The first-order chi connectivity index (χ1) is 14.7. The molecule has 1 spiro atoms. The van der Waals surface area contributed by atoms with Gasteiger partial charge >= 0.3 is 0 Å². The lowest BCUT2D eigenvalue weighted by Gasteiger charge is -2.35. The molecule has 1 unspecified atom stereocenters. The van der Waals surface area contributed by atoms with E-state index >= 15 is 0 Å². The molecule has 2 N–H and O–H groups in total. The molecule has 2 heterocycles. The average Bonchev–Trinajstić information content (AvgIpc) is 3.10. The minimum absolute atomic E-state index is 0.0154. The second-order valence-corrected chi connectivity index (χ2v) is 9.42. The summed E-state index contributed by atoms with van der Waals surface area (Å²) in [6.45, 7) is 5.23. The molecule has 1 atom stereocenters. The predicted octanol–water partition coefficient (Wildman–Crippen LogP) is 3.58. The highest BCUT2D eigenvalue weighted by Crippen LogP contribution is 2.50. The molecule has 2 aromatic carbocycles. The lowest BCUT2D eigenvalue weighted by molar-refractivity contribution is -0.123. The number of carbonyl (C=O) groups excluding carboxylic acids is 1. The van der Waals surface area contributed by atoms with E-state index in [4.69, 9.17) is 0 Å². The largest absolute Gasteiger partial charge is 0.353 e. The summed E-state index contributed by atoms with van der Waals surface area (Å²) in [4.78, 5) is 15.8. The van der Waals surface area contributed by atoms with E-state index in [9.17, 15) is 4.79 Å². The highest BCUT2D eigenvalue weighted by atomic mass is 16.2. The van der Waals surface area contributed by atoms with E-state index in [0.717, 1.165) is 64.8 Å². The lowest BCUT2D eigenvalue weighted by atomic mass is 9.74. The maximum absolute atomic E-state index is 13.3. The smallest absolute Gasteiger partial charge is 0.227 e. The Hall–Kier alpha value is -2.17. The summed E-state index contributed by atoms with van der Waals surface area (Å²) in [7, 11) is 0. The van der Waals surface area contributed by atoms with Crippen LogP contribution in [-0.4, -0.2) is 43.0 Å². The summed E-state index contributed by atoms with van der Waals surface area (Å²) in [6.07, 6.45) is 5.36. The monoisotopic (exact) mass is 403 g/mol. The van der Waals surface area contributed by atoms with Gasteiger partial charge in [0.25, 0.3) is 0 Å². The van der Waals surface area contributed by atoms with E-state index in [1.807, 2.05) is 0 Å². The fourth-order valence-corrected chi connectivity index (χ4v) is 5.89. The zero-order valence-corrected chi connectivity index (χ0v) is 17.8. The van der Waals surface area contributed by atoms with Crippen LogP contribution in [0.25, 0.3) is 0 Å². The molecule has 1 amide bonds. The van der Waals surface area contributed by atoms with Gasteiger partial charge in [-0.3, -0.25) is 9.69 Å². The van der Waals surface area contributed by atoms with E-state index in [-0.39, 0.29) is 17.2 Å². The number of rotatable bonds is 4. The molecule has 0 saturated carbocycles. The molecule has 2 aliphatic heterocycles. The number of carbonyl (C=O) groups is 1. The number of hydrogen-bond acceptors (Lipinski definition) is 3. The third kappa shape index (κ3) is 3.91. The van der Waals surface area contributed by atoms with Crippen LogP contribution in [0.4, 0.5) is 0 Å². The molecule has 158 valence electrons. The third-order valence-corrected chi connectivity index (χ3v) is 7.56. The van der Waals surface area contributed by atoms with E-state index < -0.39 is 0 Å². The normalized spacial score (nSPS) is 23.9. The van der Waals surface area contributed by atoms with Gasteiger partial charge in [0.05, 0.1) is 5.92 Å². The summed E-state index contributed by atoms with van der Waals surface area (Å²) in [6, 6.07) is 19.7. The van der Waals surface area contributed by atoms with Gasteiger partial charge in [0.1, 0.15) is 0 Å². The summed E-state index contributed by atoms with van der Waals surface area (Å²) in [5.41, 5.74) is 4.28.